The molecule has 0 bridgehead atoms. The van der Waals surface area contributed by atoms with E-state index in [0.29, 0.717) is 19.6 Å². The number of benzene rings is 1. The molecule has 0 saturated carbocycles. The van der Waals surface area contributed by atoms with Crippen LogP contribution in [0.25, 0.3) is 0 Å². The van der Waals surface area contributed by atoms with Crippen molar-refractivity contribution in [1.82, 2.24) is 9.80 Å². The van der Waals surface area contributed by atoms with E-state index in [2.05, 4.69) is 0 Å². The smallest absolute Gasteiger partial charge is 0.417 e. The molecule has 122 valence electrons. The maximum absolute atomic E-state index is 12.6. The Kier molecular flexibility index (Phi) is 3.83. The first-order valence-corrected chi connectivity index (χ1v) is 7.71. The van der Waals surface area contributed by atoms with E-state index in [-0.39, 0.29) is 24.3 Å². The van der Waals surface area contributed by atoms with Gasteiger partial charge in [-0.1, -0.05) is 17.7 Å². The molecule has 2 fully saturated rings. The van der Waals surface area contributed by atoms with E-state index in [1.54, 1.807) is 4.90 Å². The number of aryl methyl sites for hydroxylation is 3. The molecular formula is C17H20N2O4. The number of rotatable bonds is 3. The van der Waals surface area contributed by atoms with Gasteiger partial charge in [-0.2, -0.15) is 0 Å². The normalized spacial score (nSPS) is 18.2. The second kappa shape index (κ2) is 5.68. The zero-order chi connectivity index (χ0) is 16.7. The Labute approximate surface area is 135 Å². The van der Waals surface area contributed by atoms with Gasteiger partial charge in [0.05, 0.1) is 0 Å². The van der Waals surface area contributed by atoms with Crippen LogP contribution in [-0.4, -0.2) is 53.9 Å². The molecule has 3 rings (SSSR count). The quantitative estimate of drug-likeness (QED) is 0.850. The Bertz CT molecular complexity index is 653. The van der Waals surface area contributed by atoms with E-state index in [4.69, 9.17) is 4.74 Å². The summed E-state index contributed by atoms with van der Waals surface area (Å²) < 4.78 is 4.69. The fraction of sp³-hybridized carbons (Fsp3) is 0.471. The number of imide groups is 1. The van der Waals surface area contributed by atoms with Gasteiger partial charge < -0.3 is 9.64 Å². The Balaban J connectivity index is 1.62. The zero-order valence-corrected chi connectivity index (χ0v) is 13.6. The lowest BCUT2D eigenvalue weighted by molar-refractivity contribution is -0.126. The second-order valence-corrected chi connectivity index (χ2v) is 6.41. The van der Waals surface area contributed by atoms with Gasteiger partial charge in [-0.05, 0) is 31.9 Å². The molecule has 2 aliphatic rings. The summed E-state index contributed by atoms with van der Waals surface area (Å²) in [5.74, 6) is -0.156. The van der Waals surface area contributed by atoms with Gasteiger partial charge in [0.25, 0.3) is 11.8 Å². The van der Waals surface area contributed by atoms with Crippen LogP contribution in [0.2, 0.25) is 0 Å². The third-order valence-electron chi connectivity index (χ3n) is 4.42. The highest BCUT2D eigenvalue weighted by atomic mass is 16.6. The van der Waals surface area contributed by atoms with E-state index < -0.39 is 6.09 Å². The summed E-state index contributed by atoms with van der Waals surface area (Å²) in [6, 6.07) is 4.02. The molecule has 3 amide bonds. The monoisotopic (exact) mass is 316 g/mol. The van der Waals surface area contributed by atoms with E-state index in [1.807, 2.05) is 32.9 Å². The average Bonchev–Trinajstić information content (AvgIpc) is 2.71. The van der Waals surface area contributed by atoms with Gasteiger partial charge in [-0.3, -0.25) is 9.59 Å². The van der Waals surface area contributed by atoms with Gasteiger partial charge in [0.2, 0.25) is 0 Å². The van der Waals surface area contributed by atoms with Crippen molar-refractivity contribution in [1.29, 1.82) is 0 Å². The summed E-state index contributed by atoms with van der Waals surface area (Å²) in [5, 5.41) is 0. The predicted molar refractivity (Wildman–Crippen MR) is 83.1 cm³/mol. The van der Waals surface area contributed by atoms with Gasteiger partial charge in [0, 0.05) is 31.1 Å². The van der Waals surface area contributed by atoms with Crippen molar-refractivity contribution in [3.05, 3.63) is 34.4 Å². The molecule has 23 heavy (non-hydrogen) atoms. The van der Waals surface area contributed by atoms with Crippen molar-refractivity contribution in [2.75, 3.05) is 26.2 Å². The van der Waals surface area contributed by atoms with Gasteiger partial charge in [0.1, 0.15) is 0 Å². The lowest BCUT2D eigenvalue weighted by atomic mass is 9.94. The molecule has 1 aromatic rings. The van der Waals surface area contributed by atoms with Crippen molar-refractivity contribution in [3.8, 4) is 0 Å². The van der Waals surface area contributed by atoms with Crippen LogP contribution in [0.4, 0.5) is 4.79 Å². The van der Waals surface area contributed by atoms with E-state index in [0.717, 1.165) is 27.2 Å². The van der Waals surface area contributed by atoms with Gasteiger partial charge >= 0.3 is 6.09 Å². The number of amides is 3. The van der Waals surface area contributed by atoms with Crippen LogP contribution in [0.5, 0.6) is 0 Å². The van der Waals surface area contributed by atoms with E-state index in [9.17, 15) is 14.4 Å². The minimum Gasteiger partial charge on any atom is -0.439 e. The molecule has 2 heterocycles. The van der Waals surface area contributed by atoms with Crippen molar-refractivity contribution >= 4 is 17.9 Å². The van der Waals surface area contributed by atoms with Crippen LogP contribution >= 0.6 is 0 Å². The highest BCUT2D eigenvalue weighted by Gasteiger charge is 2.38. The average molecular weight is 316 g/mol. The maximum atomic E-state index is 12.6. The number of hydrogen-bond donors (Lipinski definition) is 0. The lowest BCUT2D eigenvalue weighted by Gasteiger charge is -2.40. The summed E-state index contributed by atoms with van der Waals surface area (Å²) in [5.41, 5.74) is 3.86. The van der Waals surface area contributed by atoms with Crippen molar-refractivity contribution in [3.63, 3.8) is 0 Å². The fourth-order valence-electron chi connectivity index (χ4n) is 3.34. The van der Waals surface area contributed by atoms with Crippen LogP contribution < -0.4 is 0 Å². The molecule has 0 atom stereocenters. The molecule has 2 saturated heterocycles. The van der Waals surface area contributed by atoms with Gasteiger partial charge in [-0.25, -0.2) is 9.69 Å². The molecule has 0 spiro atoms. The highest BCUT2D eigenvalue weighted by Crippen LogP contribution is 2.25. The summed E-state index contributed by atoms with van der Waals surface area (Å²) in [6.07, 6.45) is -0.579. The first kappa shape index (κ1) is 15.5. The third kappa shape index (κ3) is 2.81. The molecule has 0 unspecified atom stereocenters. The minimum atomic E-state index is -0.579. The van der Waals surface area contributed by atoms with Gasteiger partial charge in [0.15, 0.2) is 6.61 Å². The van der Waals surface area contributed by atoms with Gasteiger partial charge in [-0.15, -0.1) is 0 Å². The SMILES string of the molecule is Cc1cc(C)c(C(=O)N2CC(CN3C(=O)COC3=O)C2)c(C)c1. The van der Waals surface area contributed by atoms with Crippen LogP contribution in [0, 0.1) is 26.7 Å². The topological polar surface area (TPSA) is 66.9 Å². The van der Waals surface area contributed by atoms with Crippen LogP contribution in [-0.2, 0) is 9.53 Å². The Morgan fingerprint density at radius 2 is 1.78 bits per heavy atom. The summed E-state index contributed by atoms with van der Waals surface area (Å²) in [7, 11) is 0. The summed E-state index contributed by atoms with van der Waals surface area (Å²) >= 11 is 0. The lowest BCUT2D eigenvalue weighted by Crippen LogP contribution is -2.54. The first-order valence-electron chi connectivity index (χ1n) is 7.71. The van der Waals surface area contributed by atoms with Crippen LogP contribution in [0.1, 0.15) is 27.0 Å². The number of nitrogens with zero attached hydrogens (tertiary/aromatic N) is 2. The molecular weight excluding hydrogens is 296 g/mol. The highest BCUT2D eigenvalue weighted by molar-refractivity contribution is 5.98. The van der Waals surface area contributed by atoms with Crippen molar-refractivity contribution in [2.24, 2.45) is 5.92 Å². The molecule has 6 nitrogen and oxygen atoms in total. The molecule has 0 aliphatic carbocycles. The van der Waals surface area contributed by atoms with Crippen LogP contribution in [0.15, 0.2) is 12.1 Å². The van der Waals surface area contributed by atoms with Crippen molar-refractivity contribution < 1.29 is 19.1 Å². The Hall–Kier alpha value is -2.37. The number of cyclic esters (lactones) is 1. The van der Waals surface area contributed by atoms with E-state index in [1.165, 1.54) is 0 Å². The second-order valence-electron chi connectivity index (χ2n) is 6.41. The number of hydrogen-bond acceptors (Lipinski definition) is 4. The summed E-state index contributed by atoms with van der Waals surface area (Å²) in [4.78, 5) is 38.5. The van der Waals surface area contributed by atoms with Crippen molar-refractivity contribution in [2.45, 2.75) is 20.8 Å². The molecule has 0 N–H and O–H groups in total. The number of likely N-dealkylation sites (tertiary alicyclic amines) is 1. The fourth-order valence-corrected chi connectivity index (χ4v) is 3.34. The minimum absolute atomic E-state index is 0.0200. The maximum Gasteiger partial charge on any atom is 0.417 e. The Morgan fingerprint density at radius 1 is 1.17 bits per heavy atom. The number of carbonyl (C=O) groups is 3. The first-order chi connectivity index (χ1) is 10.9. The largest absolute Gasteiger partial charge is 0.439 e. The molecule has 2 aliphatic heterocycles. The molecule has 1 aromatic carbocycles. The predicted octanol–water partition coefficient (Wildman–Crippen LogP) is 1.66. The number of carbonyl (C=O) groups excluding carboxylic acids is 3. The summed E-state index contributed by atoms with van der Waals surface area (Å²) in [6.45, 7) is 7.18. The van der Waals surface area contributed by atoms with Crippen LogP contribution in [0.3, 0.4) is 0 Å². The molecule has 6 heteroatoms. The third-order valence-corrected chi connectivity index (χ3v) is 4.42. The molecule has 0 radical (unpaired) electrons. The number of ether oxygens (including phenoxy) is 1. The molecule has 0 aromatic heterocycles. The zero-order valence-electron chi connectivity index (χ0n) is 13.6. The van der Waals surface area contributed by atoms with E-state index >= 15 is 0 Å². The standard InChI is InChI=1S/C17H20N2O4/c1-10-4-11(2)15(12(3)5-10)16(21)18-6-13(7-18)8-19-14(20)9-23-17(19)22/h4-5,13H,6-9H2,1-3H3. The Morgan fingerprint density at radius 3 is 2.30 bits per heavy atom.